The van der Waals surface area contributed by atoms with Crippen molar-refractivity contribution < 1.29 is 10.0 Å². The van der Waals surface area contributed by atoms with E-state index in [9.17, 15) is 15.2 Å². The molecule has 0 heterocycles. The number of nitrogens with zero attached hydrogens (tertiary/aromatic N) is 1. The zero-order valence-corrected chi connectivity index (χ0v) is 10.8. The fourth-order valence-electron chi connectivity index (χ4n) is 1.75. The van der Waals surface area contributed by atoms with Crippen LogP contribution in [0, 0.1) is 10.1 Å². The molecule has 0 spiro atoms. The van der Waals surface area contributed by atoms with Crippen molar-refractivity contribution in [1.82, 2.24) is 5.32 Å². The van der Waals surface area contributed by atoms with Crippen LogP contribution in [0.25, 0.3) is 0 Å². The lowest BCUT2D eigenvalue weighted by Gasteiger charge is -2.17. The molecule has 0 fully saturated rings. The van der Waals surface area contributed by atoms with Gasteiger partial charge in [-0.15, -0.1) is 0 Å². The molecule has 5 heteroatoms. The zero-order chi connectivity index (χ0) is 13.5. The molecule has 2 unspecified atom stereocenters. The van der Waals surface area contributed by atoms with E-state index in [-0.39, 0.29) is 17.8 Å². The lowest BCUT2D eigenvalue weighted by atomic mass is 10.1. The van der Waals surface area contributed by atoms with Crippen LogP contribution in [0.5, 0.6) is 0 Å². The summed E-state index contributed by atoms with van der Waals surface area (Å²) >= 11 is 0. The Balaban J connectivity index is 2.51. The molecule has 0 aliphatic rings. The average molecular weight is 252 g/mol. The summed E-state index contributed by atoms with van der Waals surface area (Å²) < 4.78 is 0. The third-order valence-corrected chi connectivity index (χ3v) is 2.89. The van der Waals surface area contributed by atoms with Gasteiger partial charge in [0.2, 0.25) is 0 Å². The first-order valence-electron chi connectivity index (χ1n) is 6.20. The molecule has 18 heavy (non-hydrogen) atoms. The predicted molar refractivity (Wildman–Crippen MR) is 70.4 cm³/mol. The van der Waals surface area contributed by atoms with Gasteiger partial charge in [0.25, 0.3) is 5.69 Å². The third kappa shape index (κ3) is 4.43. The highest BCUT2D eigenvalue weighted by molar-refractivity contribution is 5.33. The number of hydrogen-bond acceptors (Lipinski definition) is 4. The smallest absolute Gasteiger partial charge is 0.269 e. The minimum Gasteiger partial charge on any atom is -0.392 e. The van der Waals surface area contributed by atoms with Gasteiger partial charge < -0.3 is 10.4 Å². The molecule has 0 aliphatic carbocycles. The molecule has 0 saturated heterocycles. The molecular formula is C13H20N2O3. The van der Waals surface area contributed by atoms with Crippen LogP contribution in [0.3, 0.4) is 0 Å². The van der Waals surface area contributed by atoms with Crippen molar-refractivity contribution in [3.05, 3.63) is 39.9 Å². The van der Waals surface area contributed by atoms with Gasteiger partial charge in [0.15, 0.2) is 0 Å². The Bertz CT molecular complexity index is 378. The van der Waals surface area contributed by atoms with Gasteiger partial charge >= 0.3 is 0 Å². The highest BCUT2D eigenvalue weighted by Gasteiger charge is 2.10. The maximum Gasteiger partial charge on any atom is 0.269 e. The summed E-state index contributed by atoms with van der Waals surface area (Å²) in [5.41, 5.74) is 1.07. The lowest BCUT2D eigenvalue weighted by Crippen LogP contribution is -2.28. The van der Waals surface area contributed by atoms with E-state index >= 15 is 0 Å². The van der Waals surface area contributed by atoms with Crippen molar-refractivity contribution in [2.75, 3.05) is 6.54 Å². The lowest BCUT2D eigenvalue weighted by molar-refractivity contribution is -0.384. The van der Waals surface area contributed by atoms with Crippen molar-refractivity contribution in [2.24, 2.45) is 0 Å². The van der Waals surface area contributed by atoms with Gasteiger partial charge in [0.1, 0.15) is 0 Å². The maximum absolute atomic E-state index is 10.5. The maximum atomic E-state index is 10.5. The zero-order valence-electron chi connectivity index (χ0n) is 10.8. The first kappa shape index (κ1) is 14.6. The summed E-state index contributed by atoms with van der Waals surface area (Å²) in [6.45, 7) is 4.54. The van der Waals surface area contributed by atoms with Gasteiger partial charge in [-0.05, 0) is 18.9 Å². The van der Waals surface area contributed by atoms with Gasteiger partial charge in [-0.25, -0.2) is 0 Å². The van der Waals surface area contributed by atoms with Crippen molar-refractivity contribution in [3.63, 3.8) is 0 Å². The quantitative estimate of drug-likeness (QED) is 0.577. The first-order valence-corrected chi connectivity index (χ1v) is 6.20. The molecule has 0 saturated carbocycles. The van der Waals surface area contributed by atoms with Crippen molar-refractivity contribution in [1.29, 1.82) is 0 Å². The molecule has 0 radical (unpaired) electrons. The van der Waals surface area contributed by atoms with Crippen LogP contribution < -0.4 is 5.32 Å². The molecule has 1 rings (SSSR count). The number of nitro benzene ring substituents is 1. The summed E-state index contributed by atoms with van der Waals surface area (Å²) in [7, 11) is 0. The number of rotatable bonds is 7. The van der Waals surface area contributed by atoms with Crippen molar-refractivity contribution in [3.8, 4) is 0 Å². The molecule has 100 valence electrons. The Hall–Kier alpha value is -1.46. The van der Waals surface area contributed by atoms with E-state index in [1.165, 1.54) is 12.1 Å². The summed E-state index contributed by atoms with van der Waals surface area (Å²) in [6, 6.07) is 6.54. The summed E-state index contributed by atoms with van der Waals surface area (Å²) in [5, 5.41) is 23.3. The van der Waals surface area contributed by atoms with Gasteiger partial charge in [-0.3, -0.25) is 10.1 Å². The van der Waals surface area contributed by atoms with Crippen LogP contribution in [0.1, 0.15) is 38.3 Å². The fraction of sp³-hybridized carbons (Fsp3) is 0.538. The number of benzene rings is 1. The molecule has 0 aliphatic heterocycles. The van der Waals surface area contributed by atoms with Gasteiger partial charge in [0.05, 0.1) is 11.0 Å². The minimum atomic E-state index is -0.410. The molecule has 1 aromatic carbocycles. The van der Waals surface area contributed by atoms with Gasteiger partial charge in [-0.2, -0.15) is 0 Å². The number of hydrogen-bond donors (Lipinski definition) is 2. The molecule has 0 amide bonds. The third-order valence-electron chi connectivity index (χ3n) is 2.89. The number of non-ortho nitro benzene ring substituents is 1. The Morgan fingerprint density at radius 2 is 2.00 bits per heavy atom. The monoisotopic (exact) mass is 252 g/mol. The molecule has 2 N–H and O–H groups in total. The summed E-state index contributed by atoms with van der Waals surface area (Å²) in [6.07, 6.45) is 1.39. The Labute approximate surface area is 107 Å². The molecular weight excluding hydrogens is 232 g/mol. The molecule has 2 atom stereocenters. The molecule has 0 bridgehead atoms. The van der Waals surface area contributed by atoms with E-state index in [1.54, 1.807) is 12.1 Å². The molecule has 1 aromatic rings. The molecule has 5 nitrogen and oxygen atoms in total. The standard InChI is InChI=1S/C13H20N2O3/c1-3-4-13(16)9-14-10(2)11-5-7-12(8-6-11)15(17)18/h5-8,10,13-14,16H,3-4,9H2,1-2H3. The van der Waals surface area contributed by atoms with Crippen LogP contribution in [0.15, 0.2) is 24.3 Å². The largest absolute Gasteiger partial charge is 0.392 e. The summed E-state index contributed by atoms with van der Waals surface area (Å²) in [4.78, 5) is 10.1. The normalized spacial score (nSPS) is 14.2. The fourth-order valence-corrected chi connectivity index (χ4v) is 1.75. The Kier molecular flexibility index (Phi) is 5.74. The molecule has 0 aromatic heterocycles. The SMILES string of the molecule is CCCC(O)CNC(C)c1ccc([N+](=O)[O-])cc1. The predicted octanol–water partition coefficient (Wildman–Crippen LogP) is 2.41. The first-order chi connectivity index (χ1) is 8.54. The van der Waals surface area contributed by atoms with E-state index < -0.39 is 4.92 Å². The van der Waals surface area contributed by atoms with Crippen molar-refractivity contribution >= 4 is 5.69 Å². The summed E-state index contributed by atoms with van der Waals surface area (Å²) in [5.74, 6) is 0. The van der Waals surface area contributed by atoms with Crippen LogP contribution in [-0.4, -0.2) is 22.7 Å². The van der Waals surface area contributed by atoms with Crippen LogP contribution in [-0.2, 0) is 0 Å². The van der Waals surface area contributed by atoms with E-state index in [0.29, 0.717) is 6.54 Å². The number of aliphatic hydroxyl groups is 1. The van der Waals surface area contributed by atoms with E-state index in [4.69, 9.17) is 0 Å². The van der Waals surface area contributed by atoms with E-state index in [2.05, 4.69) is 5.32 Å². The van der Waals surface area contributed by atoms with E-state index in [0.717, 1.165) is 18.4 Å². The van der Waals surface area contributed by atoms with Crippen LogP contribution in [0.4, 0.5) is 5.69 Å². The average Bonchev–Trinajstić information content (AvgIpc) is 2.36. The van der Waals surface area contributed by atoms with Crippen LogP contribution in [0.2, 0.25) is 0 Å². The van der Waals surface area contributed by atoms with Gasteiger partial charge in [-0.1, -0.05) is 25.5 Å². The highest BCUT2D eigenvalue weighted by Crippen LogP contribution is 2.17. The topological polar surface area (TPSA) is 75.4 Å². The van der Waals surface area contributed by atoms with Crippen LogP contribution >= 0.6 is 0 Å². The second kappa shape index (κ2) is 7.08. The Morgan fingerprint density at radius 1 is 1.39 bits per heavy atom. The van der Waals surface area contributed by atoms with Crippen molar-refractivity contribution in [2.45, 2.75) is 38.8 Å². The Morgan fingerprint density at radius 3 is 2.50 bits per heavy atom. The number of nitrogens with one attached hydrogen (secondary N) is 1. The van der Waals surface area contributed by atoms with E-state index in [1.807, 2.05) is 13.8 Å². The highest BCUT2D eigenvalue weighted by atomic mass is 16.6. The number of aliphatic hydroxyl groups excluding tert-OH is 1. The second-order valence-electron chi connectivity index (χ2n) is 4.42. The number of nitro groups is 1. The van der Waals surface area contributed by atoms with Gasteiger partial charge in [0, 0.05) is 24.7 Å². The second-order valence-corrected chi connectivity index (χ2v) is 4.42. The minimum absolute atomic E-state index is 0.0670.